The molecule has 0 bridgehead atoms. The number of methoxy groups -OCH3 is 1. The van der Waals surface area contributed by atoms with Crippen LogP contribution in [-0.2, 0) is 16.0 Å². The maximum atomic E-state index is 11.8. The van der Waals surface area contributed by atoms with Gasteiger partial charge in [0.05, 0.1) is 12.7 Å². The third-order valence-electron chi connectivity index (χ3n) is 3.93. The first-order valence-electron chi connectivity index (χ1n) is 7.23. The van der Waals surface area contributed by atoms with Crippen LogP contribution in [0.15, 0.2) is 24.3 Å². The van der Waals surface area contributed by atoms with Gasteiger partial charge in [-0.1, -0.05) is 12.1 Å². The Morgan fingerprint density at radius 2 is 2.10 bits per heavy atom. The van der Waals surface area contributed by atoms with Crippen LogP contribution >= 0.6 is 0 Å². The van der Waals surface area contributed by atoms with E-state index in [1.807, 2.05) is 17.0 Å². The monoisotopic (exact) mass is 291 g/mol. The molecule has 0 radical (unpaired) electrons. The molecule has 2 rings (SSSR count). The van der Waals surface area contributed by atoms with Crippen molar-refractivity contribution in [3.8, 4) is 0 Å². The van der Waals surface area contributed by atoms with E-state index in [4.69, 9.17) is 5.11 Å². The van der Waals surface area contributed by atoms with Gasteiger partial charge in [0.1, 0.15) is 0 Å². The third-order valence-corrected chi connectivity index (χ3v) is 3.93. The van der Waals surface area contributed by atoms with Gasteiger partial charge in [0, 0.05) is 25.6 Å². The van der Waals surface area contributed by atoms with E-state index in [1.54, 1.807) is 12.1 Å². The molecule has 1 aromatic carbocycles. The predicted molar refractivity (Wildman–Crippen MR) is 77.9 cm³/mol. The largest absolute Gasteiger partial charge is 0.465 e. The Hall–Kier alpha value is -1.88. The molecule has 1 unspecified atom stereocenters. The molecule has 1 aliphatic heterocycles. The molecule has 1 N–H and O–H groups in total. The zero-order valence-corrected chi connectivity index (χ0v) is 12.2. The summed E-state index contributed by atoms with van der Waals surface area (Å²) in [6, 6.07) is 7.40. The minimum atomic E-state index is -0.348. The number of ether oxygens (including phenoxy) is 1. The van der Waals surface area contributed by atoms with Crippen LogP contribution in [0.3, 0.4) is 0 Å². The summed E-state index contributed by atoms with van der Waals surface area (Å²) >= 11 is 0. The fourth-order valence-corrected chi connectivity index (χ4v) is 2.72. The normalized spacial score (nSPS) is 18.1. The van der Waals surface area contributed by atoms with E-state index in [0.717, 1.165) is 18.4 Å². The van der Waals surface area contributed by atoms with Crippen LogP contribution in [0.2, 0.25) is 0 Å². The molecular weight excluding hydrogens is 270 g/mol. The molecule has 114 valence electrons. The lowest BCUT2D eigenvalue weighted by Crippen LogP contribution is -2.35. The summed E-state index contributed by atoms with van der Waals surface area (Å²) in [4.78, 5) is 25.1. The second kappa shape index (κ2) is 7.22. The summed E-state index contributed by atoms with van der Waals surface area (Å²) in [7, 11) is 1.36. The summed E-state index contributed by atoms with van der Waals surface area (Å²) < 4.78 is 4.66. The van der Waals surface area contributed by atoms with Crippen molar-refractivity contribution in [2.24, 2.45) is 0 Å². The topological polar surface area (TPSA) is 66.8 Å². The molecule has 0 spiro atoms. The van der Waals surface area contributed by atoms with Gasteiger partial charge in [-0.25, -0.2) is 4.79 Å². The van der Waals surface area contributed by atoms with Crippen LogP contribution in [0.4, 0.5) is 0 Å². The van der Waals surface area contributed by atoms with Crippen LogP contribution in [0.25, 0.3) is 0 Å². The molecule has 1 heterocycles. The zero-order chi connectivity index (χ0) is 15.2. The Bertz CT molecular complexity index is 498. The number of benzene rings is 1. The van der Waals surface area contributed by atoms with E-state index in [-0.39, 0.29) is 24.5 Å². The highest BCUT2D eigenvalue weighted by Gasteiger charge is 2.29. The van der Waals surface area contributed by atoms with Crippen molar-refractivity contribution in [2.45, 2.75) is 31.7 Å². The smallest absolute Gasteiger partial charge is 0.337 e. The van der Waals surface area contributed by atoms with Gasteiger partial charge in [0.25, 0.3) is 0 Å². The lowest BCUT2D eigenvalue weighted by atomic mass is 10.1. The lowest BCUT2D eigenvalue weighted by molar-refractivity contribution is -0.129. The minimum Gasteiger partial charge on any atom is -0.465 e. The number of esters is 1. The molecule has 1 amide bonds. The van der Waals surface area contributed by atoms with E-state index in [0.29, 0.717) is 24.9 Å². The Labute approximate surface area is 124 Å². The SMILES string of the molecule is COC(=O)c1ccc(CCN2C(=O)CCC2CCO)cc1. The molecule has 0 aromatic heterocycles. The highest BCUT2D eigenvalue weighted by molar-refractivity contribution is 5.89. The summed E-state index contributed by atoms with van der Waals surface area (Å²) in [5.41, 5.74) is 1.60. The van der Waals surface area contributed by atoms with Crippen molar-refractivity contribution in [2.75, 3.05) is 20.3 Å². The van der Waals surface area contributed by atoms with Gasteiger partial charge < -0.3 is 14.7 Å². The van der Waals surface area contributed by atoms with Crippen molar-refractivity contribution in [3.63, 3.8) is 0 Å². The molecule has 1 fully saturated rings. The first kappa shape index (κ1) is 15.5. The van der Waals surface area contributed by atoms with E-state index < -0.39 is 0 Å². The number of hydrogen-bond acceptors (Lipinski definition) is 4. The van der Waals surface area contributed by atoms with Crippen LogP contribution in [0, 0.1) is 0 Å². The lowest BCUT2D eigenvalue weighted by Gasteiger charge is -2.24. The minimum absolute atomic E-state index is 0.113. The van der Waals surface area contributed by atoms with Gasteiger partial charge in [-0.2, -0.15) is 0 Å². The number of carbonyl (C=O) groups excluding carboxylic acids is 2. The van der Waals surface area contributed by atoms with Gasteiger partial charge in [0.2, 0.25) is 5.91 Å². The van der Waals surface area contributed by atoms with E-state index in [9.17, 15) is 9.59 Å². The summed E-state index contributed by atoms with van der Waals surface area (Å²) in [6.45, 7) is 0.767. The van der Waals surface area contributed by atoms with Crippen LogP contribution in [0.5, 0.6) is 0 Å². The van der Waals surface area contributed by atoms with Crippen molar-refractivity contribution < 1.29 is 19.4 Å². The van der Waals surface area contributed by atoms with Gasteiger partial charge in [-0.3, -0.25) is 4.79 Å². The molecule has 5 nitrogen and oxygen atoms in total. The van der Waals surface area contributed by atoms with Crippen LogP contribution < -0.4 is 0 Å². The zero-order valence-electron chi connectivity index (χ0n) is 12.2. The molecule has 1 aliphatic rings. The Kier molecular flexibility index (Phi) is 5.33. The molecule has 5 heteroatoms. The van der Waals surface area contributed by atoms with Crippen molar-refractivity contribution >= 4 is 11.9 Å². The molecule has 1 atom stereocenters. The average molecular weight is 291 g/mol. The summed E-state index contributed by atoms with van der Waals surface area (Å²) in [6.07, 6.45) is 2.80. The average Bonchev–Trinajstić information content (AvgIpc) is 2.86. The molecule has 21 heavy (non-hydrogen) atoms. The number of nitrogens with zero attached hydrogens (tertiary/aromatic N) is 1. The van der Waals surface area contributed by atoms with E-state index in [2.05, 4.69) is 4.74 Å². The molecule has 1 aromatic rings. The molecule has 0 aliphatic carbocycles. The van der Waals surface area contributed by atoms with Crippen LogP contribution in [0.1, 0.15) is 35.2 Å². The number of amides is 1. The molecule has 1 saturated heterocycles. The Morgan fingerprint density at radius 3 is 2.71 bits per heavy atom. The first-order valence-corrected chi connectivity index (χ1v) is 7.23. The van der Waals surface area contributed by atoms with Crippen LogP contribution in [-0.4, -0.2) is 48.2 Å². The van der Waals surface area contributed by atoms with Crippen molar-refractivity contribution in [1.29, 1.82) is 0 Å². The Balaban J connectivity index is 1.93. The second-order valence-corrected chi connectivity index (χ2v) is 5.23. The quantitative estimate of drug-likeness (QED) is 0.804. The van der Waals surface area contributed by atoms with Gasteiger partial charge >= 0.3 is 5.97 Å². The van der Waals surface area contributed by atoms with Gasteiger partial charge in [-0.05, 0) is 37.0 Å². The van der Waals surface area contributed by atoms with Crippen molar-refractivity contribution in [3.05, 3.63) is 35.4 Å². The Morgan fingerprint density at radius 1 is 1.38 bits per heavy atom. The second-order valence-electron chi connectivity index (χ2n) is 5.23. The predicted octanol–water partition coefficient (Wildman–Crippen LogP) is 1.39. The number of carbonyl (C=O) groups is 2. The summed E-state index contributed by atoms with van der Waals surface area (Å²) in [5.74, 6) is -0.182. The number of likely N-dealkylation sites (tertiary alicyclic amines) is 1. The molecule has 0 saturated carbocycles. The number of aliphatic hydroxyl groups excluding tert-OH is 1. The maximum absolute atomic E-state index is 11.8. The fraction of sp³-hybridized carbons (Fsp3) is 0.500. The third kappa shape index (κ3) is 3.82. The fourth-order valence-electron chi connectivity index (χ4n) is 2.72. The summed E-state index contributed by atoms with van der Waals surface area (Å²) in [5, 5.41) is 9.04. The number of rotatable bonds is 6. The van der Waals surface area contributed by atoms with Gasteiger partial charge in [0.15, 0.2) is 0 Å². The number of aliphatic hydroxyl groups is 1. The first-order chi connectivity index (χ1) is 10.2. The van der Waals surface area contributed by atoms with E-state index >= 15 is 0 Å². The highest BCUT2D eigenvalue weighted by atomic mass is 16.5. The van der Waals surface area contributed by atoms with Gasteiger partial charge in [-0.15, -0.1) is 0 Å². The van der Waals surface area contributed by atoms with Crippen molar-refractivity contribution in [1.82, 2.24) is 4.90 Å². The molecular formula is C16H21NO4. The highest BCUT2D eigenvalue weighted by Crippen LogP contribution is 2.21. The standard InChI is InChI=1S/C16H21NO4/c1-21-16(20)13-4-2-12(3-5-13)8-10-17-14(9-11-18)6-7-15(17)19/h2-5,14,18H,6-11H2,1H3. The number of hydrogen-bond donors (Lipinski definition) is 1. The van der Waals surface area contributed by atoms with E-state index in [1.165, 1.54) is 7.11 Å². The maximum Gasteiger partial charge on any atom is 0.337 e.